The quantitative estimate of drug-likeness (QED) is 0.623. The van der Waals surface area contributed by atoms with Crippen LogP contribution in [0.1, 0.15) is 9.67 Å². The van der Waals surface area contributed by atoms with Crippen molar-refractivity contribution >= 4 is 34.5 Å². The summed E-state index contributed by atoms with van der Waals surface area (Å²) in [5.41, 5.74) is -0.219. The SMILES string of the molecule is O=C(NCCN1CCNCC1)c1cc([N+](=O)[O-])c(Cl)s1. The lowest BCUT2D eigenvalue weighted by molar-refractivity contribution is -0.384. The number of amides is 1. The first-order chi connectivity index (χ1) is 9.58. The molecule has 7 nitrogen and oxygen atoms in total. The molecule has 1 saturated heterocycles. The Hall–Kier alpha value is -1.22. The van der Waals surface area contributed by atoms with E-state index >= 15 is 0 Å². The van der Waals surface area contributed by atoms with Crippen molar-refractivity contribution in [2.75, 3.05) is 39.3 Å². The molecule has 1 aromatic rings. The molecule has 1 fully saturated rings. The molecule has 0 spiro atoms. The lowest BCUT2D eigenvalue weighted by atomic mass is 10.3. The van der Waals surface area contributed by atoms with Crippen LogP contribution in [0.15, 0.2) is 6.07 Å². The second-order valence-corrected chi connectivity index (χ2v) is 6.03. The number of hydrogen-bond donors (Lipinski definition) is 2. The van der Waals surface area contributed by atoms with E-state index in [0.717, 1.165) is 44.1 Å². The molecular formula is C11H15ClN4O3S. The molecule has 0 unspecified atom stereocenters. The molecule has 2 heterocycles. The Bertz CT molecular complexity index is 502. The normalized spacial score (nSPS) is 16.1. The zero-order valence-electron chi connectivity index (χ0n) is 10.7. The molecule has 0 atom stereocenters. The van der Waals surface area contributed by atoms with Crippen molar-refractivity contribution in [3.8, 4) is 0 Å². The highest BCUT2D eigenvalue weighted by atomic mass is 35.5. The molecule has 0 saturated carbocycles. The predicted octanol–water partition coefficient (Wildman–Crippen LogP) is 0.945. The van der Waals surface area contributed by atoms with E-state index in [1.165, 1.54) is 6.07 Å². The van der Waals surface area contributed by atoms with Crippen LogP contribution in [0.3, 0.4) is 0 Å². The lowest BCUT2D eigenvalue weighted by Gasteiger charge is -2.26. The summed E-state index contributed by atoms with van der Waals surface area (Å²) in [6, 6.07) is 1.22. The molecule has 2 rings (SSSR count). The molecule has 20 heavy (non-hydrogen) atoms. The van der Waals surface area contributed by atoms with Gasteiger partial charge in [0, 0.05) is 45.3 Å². The second-order valence-electron chi connectivity index (χ2n) is 4.37. The van der Waals surface area contributed by atoms with E-state index in [0.29, 0.717) is 6.54 Å². The smallest absolute Gasteiger partial charge is 0.299 e. The van der Waals surface area contributed by atoms with Crippen LogP contribution in [-0.4, -0.2) is 55.0 Å². The Morgan fingerprint density at radius 1 is 1.55 bits per heavy atom. The van der Waals surface area contributed by atoms with E-state index in [9.17, 15) is 14.9 Å². The summed E-state index contributed by atoms with van der Waals surface area (Å²) in [6.07, 6.45) is 0. The van der Waals surface area contributed by atoms with Crippen LogP contribution in [0.5, 0.6) is 0 Å². The van der Waals surface area contributed by atoms with Gasteiger partial charge in [0.1, 0.15) is 4.88 Å². The van der Waals surface area contributed by atoms with Crippen molar-refractivity contribution in [3.05, 3.63) is 25.4 Å². The summed E-state index contributed by atoms with van der Waals surface area (Å²) in [5, 5.41) is 16.7. The first-order valence-corrected chi connectivity index (χ1v) is 7.42. The van der Waals surface area contributed by atoms with Crippen LogP contribution in [0, 0.1) is 10.1 Å². The largest absolute Gasteiger partial charge is 0.350 e. The highest BCUT2D eigenvalue weighted by Gasteiger charge is 2.21. The average molecular weight is 319 g/mol. The Morgan fingerprint density at radius 2 is 2.25 bits per heavy atom. The molecule has 9 heteroatoms. The minimum atomic E-state index is -0.587. The zero-order chi connectivity index (χ0) is 14.5. The number of nitrogens with one attached hydrogen (secondary N) is 2. The molecule has 0 bridgehead atoms. The summed E-state index contributed by atoms with van der Waals surface area (Å²) in [6.45, 7) is 5.14. The average Bonchev–Trinajstić information content (AvgIpc) is 2.82. The monoisotopic (exact) mass is 318 g/mol. The Balaban J connectivity index is 1.82. The first-order valence-electron chi connectivity index (χ1n) is 6.23. The van der Waals surface area contributed by atoms with Gasteiger partial charge in [0.15, 0.2) is 4.34 Å². The summed E-state index contributed by atoms with van der Waals surface area (Å²) in [5.74, 6) is -0.319. The standard InChI is InChI=1S/C11H15ClN4O3S/c12-10-8(16(18)19)7-9(20-10)11(17)14-3-6-15-4-1-13-2-5-15/h7,13H,1-6H2,(H,14,17). The van der Waals surface area contributed by atoms with E-state index in [4.69, 9.17) is 11.6 Å². The minimum Gasteiger partial charge on any atom is -0.350 e. The van der Waals surface area contributed by atoms with Crippen LogP contribution < -0.4 is 10.6 Å². The van der Waals surface area contributed by atoms with Crippen molar-refractivity contribution in [2.24, 2.45) is 0 Å². The Kier molecular flexibility index (Phi) is 5.30. The molecule has 1 aliphatic rings. The number of piperazine rings is 1. The van der Waals surface area contributed by atoms with Gasteiger partial charge in [-0.3, -0.25) is 19.8 Å². The van der Waals surface area contributed by atoms with Crippen molar-refractivity contribution in [2.45, 2.75) is 0 Å². The van der Waals surface area contributed by atoms with E-state index in [2.05, 4.69) is 15.5 Å². The first kappa shape index (κ1) is 15.2. The maximum Gasteiger partial charge on any atom is 0.299 e. The van der Waals surface area contributed by atoms with Gasteiger partial charge in [0.2, 0.25) is 0 Å². The number of carbonyl (C=O) groups is 1. The Labute approximate surface area is 125 Å². The number of nitrogens with zero attached hydrogens (tertiary/aromatic N) is 2. The summed E-state index contributed by atoms with van der Waals surface area (Å²) < 4.78 is 0.0299. The van der Waals surface area contributed by atoms with Gasteiger partial charge in [-0.25, -0.2) is 0 Å². The van der Waals surface area contributed by atoms with Crippen LogP contribution >= 0.6 is 22.9 Å². The van der Waals surface area contributed by atoms with Crippen LogP contribution in [0.2, 0.25) is 4.34 Å². The van der Waals surface area contributed by atoms with Crippen molar-refractivity contribution in [1.29, 1.82) is 0 Å². The highest BCUT2D eigenvalue weighted by molar-refractivity contribution is 7.18. The number of hydrogen-bond acceptors (Lipinski definition) is 6. The molecule has 0 aromatic carbocycles. The van der Waals surface area contributed by atoms with E-state index in [1.54, 1.807) is 0 Å². The number of thiophene rings is 1. The maximum atomic E-state index is 11.9. The van der Waals surface area contributed by atoms with E-state index < -0.39 is 4.92 Å². The summed E-state index contributed by atoms with van der Waals surface area (Å²) in [4.78, 5) is 24.5. The van der Waals surface area contributed by atoms with Gasteiger partial charge in [-0.15, -0.1) is 11.3 Å². The molecule has 1 aromatic heterocycles. The van der Waals surface area contributed by atoms with Gasteiger partial charge >= 0.3 is 0 Å². The minimum absolute atomic E-state index is 0.0299. The summed E-state index contributed by atoms with van der Waals surface area (Å²) >= 11 is 6.65. The highest BCUT2D eigenvalue weighted by Crippen LogP contribution is 2.33. The fourth-order valence-electron chi connectivity index (χ4n) is 1.94. The number of carbonyl (C=O) groups excluding carboxylic acids is 1. The molecule has 0 radical (unpaired) electrons. The third kappa shape index (κ3) is 3.89. The van der Waals surface area contributed by atoms with Crippen molar-refractivity contribution in [1.82, 2.24) is 15.5 Å². The van der Waals surface area contributed by atoms with E-state index in [1.807, 2.05) is 0 Å². The van der Waals surface area contributed by atoms with Gasteiger partial charge in [-0.1, -0.05) is 11.6 Å². The molecule has 110 valence electrons. The van der Waals surface area contributed by atoms with Crippen LogP contribution in [0.25, 0.3) is 0 Å². The Morgan fingerprint density at radius 3 is 2.85 bits per heavy atom. The second kappa shape index (κ2) is 6.98. The van der Waals surface area contributed by atoms with Crippen molar-refractivity contribution < 1.29 is 9.72 Å². The van der Waals surface area contributed by atoms with Gasteiger partial charge in [-0.2, -0.15) is 0 Å². The number of rotatable bonds is 5. The fraction of sp³-hybridized carbons (Fsp3) is 0.545. The lowest BCUT2D eigenvalue weighted by Crippen LogP contribution is -2.46. The van der Waals surface area contributed by atoms with Gasteiger partial charge < -0.3 is 10.6 Å². The molecule has 1 amide bonds. The summed E-state index contributed by atoms with van der Waals surface area (Å²) in [7, 11) is 0. The van der Waals surface area contributed by atoms with Crippen LogP contribution in [0.4, 0.5) is 5.69 Å². The topological polar surface area (TPSA) is 87.5 Å². The van der Waals surface area contributed by atoms with Crippen LogP contribution in [-0.2, 0) is 0 Å². The molecule has 2 N–H and O–H groups in total. The molecular weight excluding hydrogens is 304 g/mol. The maximum absolute atomic E-state index is 11.9. The van der Waals surface area contributed by atoms with Gasteiger partial charge in [0.05, 0.1) is 4.92 Å². The van der Waals surface area contributed by atoms with Gasteiger partial charge in [-0.05, 0) is 0 Å². The third-order valence-electron chi connectivity index (χ3n) is 3.01. The third-order valence-corrected chi connectivity index (χ3v) is 4.35. The molecule has 1 aliphatic heterocycles. The number of halogens is 1. The van der Waals surface area contributed by atoms with Gasteiger partial charge in [0.25, 0.3) is 11.6 Å². The predicted molar refractivity (Wildman–Crippen MR) is 77.6 cm³/mol. The molecule has 0 aliphatic carbocycles. The fourth-order valence-corrected chi connectivity index (χ4v) is 3.08. The van der Waals surface area contributed by atoms with Crippen molar-refractivity contribution in [3.63, 3.8) is 0 Å². The number of nitro groups is 1. The zero-order valence-corrected chi connectivity index (χ0v) is 12.3. The van der Waals surface area contributed by atoms with E-state index in [-0.39, 0.29) is 20.8 Å².